The summed E-state index contributed by atoms with van der Waals surface area (Å²) < 4.78 is 33.8. The highest BCUT2D eigenvalue weighted by atomic mass is 35.5. The highest BCUT2D eigenvalue weighted by molar-refractivity contribution is 7.99. The molecule has 4 rings (SSSR count). The summed E-state index contributed by atoms with van der Waals surface area (Å²) in [7, 11) is -3.99. The van der Waals surface area contributed by atoms with Gasteiger partial charge in [-0.2, -0.15) is 8.42 Å². The molecule has 0 unspecified atom stereocenters. The van der Waals surface area contributed by atoms with Crippen molar-refractivity contribution in [2.75, 3.05) is 4.72 Å². The number of hydrogen-bond acceptors (Lipinski definition) is 5. The summed E-state index contributed by atoms with van der Waals surface area (Å²) >= 11 is 7.36. The van der Waals surface area contributed by atoms with Crippen LogP contribution in [0.4, 0.5) is 5.69 Å². The first kappa shape index (κ1) is 20.3. The van der Waals surface area contributed by atoms with Gasteiger partial charge in [-0.15, -0.1) is 0 Å². The largest absolute Gasteiger partial charge is 0.478 e. The molecule has 0 atom stereocenters. The van der Waals surface area contributed by atoms with Gasteiger partial charge in [-0.1, -0.05) is 41.6 Å². The van der Waals surface area contributed by atoms with Crippen molar-refractivity contribution in [1.82, 2.24) is 0 Å². The van der Waals surface area contributed by atoms with E-state index >= 15 is 0 Å². The maximum absolute atomic E-state index is 12.9. The van der Waals surface area contributed by atoms with Crippen LogP contribution in [0, 0.1) is 0 Å². The van der Waals surface area contributed by atoms with Crippen LogP contribution in [0.3, 0.4) is 0 Å². The first-order chi connectivity index (χ1) is 14.3. The Balaban J connectivity index is 1.65. The number of rotatable bonds is 6. The molecule has 0 saturated heterocycles. The zero-order valence-electron chi connectivity index (χ0n) is 15.2. The molecule has 152 valence electrons. The molecule has 6 nitrogen and oxygen atoms in total. The third-order valence-electron chi connectivity index (χ3n) is 4.18. The molecule has 0 amide bonds. The minimum absolute atomic E-state index is 0.168. The average molecular weight is 460 g/mol. The number of sulfonamides is 1. The quantitative estimate of drug-likeness (QED) is 0.382. The van der Waals surface area contributed by atoms with E-state index in [1.807, 2.05) is 0 Å². The van der Waals surface area contributed by atoms with Gasteiger partial charge in [0.15, 0.2) is 0 Å². The van der Waals surface area contributed by atoms with E-state index in [0.717, 1.165) is 4.90 Å². The van der Waals surface area contributed by atoms with E-state index in [9.17, 15) is 13.2 Å². The minimum atomic E-state index is -3.99. The fourth-order valence-corrected chi connectivity index (χ4v) is 4.91. The number of nitrogens with one attached hydrogen (secondary N) is 1. The fraction of sp³-hybridized carbons (Fsp3) is 0. The standard InChI is InChI=1S/C21H14ClNO5S2/c22-15-7-10-19(29-16-8-5-13(6-9-16)21(24)25)17(12-15)23-30(26,27)20-11-14-3-1-2-4-18(14)28-20/h1-12,23H,(H,24,25). The second kappa shape index (κ2) is 8.06. The predicted molar refractivity (Wildman–Crippen MR) is 116 cm³/mol. The number of aromatic carboxylic acids is 1. The van der Waals surface area contributed by atoms with Crippen LogP contribution >= 0.6 is 23.4 Å². The number of furan rings is 1. The second-order valence-corrected chi connectivity index (χ2v) is 9.45. The normalized spacial score (nSPS) is 11.5. The zero-order chi connectivity index (χ0) is 21.3. The molecule has 0 saturated carbocycles. The molecule has 9 heteroatoms. The van der Waals surface area contributed by atoms with E-state index in [-0.39, 0.29) is 16.3 Å². The molecule has 0 bridgehead atoms. The average Bonchev–Trinajstić information content (AvgIpc) is 3.16. The predicted octanol–water partition coefficient (Wildman–Crippen LogP) is 5.74. The van der Waals surface area contributed by atoms with Crippen molar-refractivity contribution in [3.8, 4) is 0 Å². The highest BCUT2D eigenvalue weighted by Gasteiger charge is 2.21. The van der Waals surface area contributed by atoms with Crippen molar-refractivity contribution in [1.29, 1.82) is 0 Å². The minimum Gasteiger partial charge on any atom is -0.478 e. The number of fused-ring (bicyclic) bond motifs is 1. The Bertz CT molecular complexity index is 1310. The lowest BCUT2D eigenvalue weighted by molar-refractivity contribution is 0.0697. The van der Waals surface area contributed by atoms with Crippen molar-refractivity contribution in [2.45, 2.75) is 14.9 Å². The van der Waals surface area contributed by atoms with Crippen molar-refractivity contribution < 1.29 is 22.7 Å². The van der Waals surface area contributed by atoms with Gasteiger partial charge in [0, 0.05) is 26.3 Å². The van der Waals surface area contributed by atoms with Crippen LogP contribution in [0.25, 0.3) is 11.0 Å². The Hall–Kier alpha value is -2.94. The van der Waals surface area contributed by atoms with E-state index < -0.39 is 16.0 Å². The van der Waals surface area contributed by atoms with Gasteiger partial charge in [-0.3, -0.25) is 4.72 Å². The maximum Gasteiger partial charge on any atom is 0.335 e. The van der Waals surface area contributed by atoms with Crippen LogP contribution in [0.1, 0.15) is 10.4 Å². The van der Waals surface area contributed by atoms with Gasteiger partial charge >= 0.3 is 5.97 Å². The number of hydrogen-bond donors (Lipinski definition) is 2. The molecule has 4 aromatic rings. The molecule has 3 aromatic carbocycles. The lowest BCUT2D eigenvalue weighted by Gasteiger charge is -2.12. The van der Waals surface area contributed by atoms with Crippen molar-refractivity contribution in [3.63, 3.8) is 0 Å². The molecule has 1 aromatic heterocycles. The van der Waals surface area contributed by atoms with E-state index in [1.54, 1.807) is 48.5 Å². The number of anilines is 1. The molecule has 1 heterocycles. The van der Waals surface area contributed by atoms with E-state index in [1.165, 1.54) is 36.0 Å². The summed E-state index contributed by atoms with van der Waals surface area (Å²) in [6.07, 6.45) is 0. The summed E-state index contributed by atoms with van der Waals surface area (Å²) in [5.74, 6) is -1.02. The van der Waals surface area contributed by atoms with Crippen LogP contribution in [-0.2, 0) is 10.0 Å². The lowest BCUT2D eigenvalue weighted by atomic mass is 10.2. The van der Waals surface area contributed by atoms with Crippen molar-refractivity contribution in [3.05, 3.63) is 83.4 Å². The topological polar surface area (TPSA) is 96.6 Å². The first-order valence-corrected chi connectivity index (χ1v) is 11.3. The highest BCUT2D eigenvalue weighted by Crippen LogP contribution is 2.36. The molecule has 0 radical (unpaired) electrons. The third kappa shape index (κ3) is 4.30. The lowest BCUT2D eigenvalue weighted by Crippen LogP contribution is -2.12. The molecule has 0 aliphatic rings. The summed E-state index contributed by atoms with van der Waals surface area (Å²) in [6, 6.07) is 19.6. The van der Waals surface area contributed by atoms with Gasteiger partial charge < -0.3 is 9.52 Å². The Morgan fingerprint density at radius 1 is 1.00 bits per heavy atom. The maximum atomic E-state index is 12.9. The van der Waals surface area contributed by atoms with Gasteiger partial charge in [0.05, 0.1) is 11.3 Å². The van der Waals surface area contributed by atoms with Crippen LogP contribution < -0.4 is 4.72 Å². The van der Waals surface area contributed by atoms with Crippen molar-refractivity contribution >= 4 is 56.0 Å². The summed E-state index contributed by atoms with van der Waals surface area (Å²) in [6.45, 7) is 0. The third-order valence-corrected chi connectivity index (χ3v) is 6.72. The number of para-hydroxylation sites is 1. The first-order valence-electron chi connectivity index (χ1n) is 8.64. The molecular formula is C21H14ClNO5S2. The molecule has 0 aliphatic carbocycles. The zero-order valence-corrected chi connectivity index (χ0v) is 17.6. The molecule has 0 spiro atoms. The van der Waals surface area contributed by atoms with Crippen LogP contribution in [0.15, 0.2) is 92.1 Å². The number of carbonyl (C=O) groups is 1. The van der Waals surface area contributed by atoms with Crippen LogP contribution in [-0.4, -0.2) is 19.5 Å². The Morgan fingerprint density at radius 2 is 1.73 bits per heavy atom. The Labute approximate surface area is 181 Å². The second-order valence-electron chi connectivity index (χ2n) is 6.28. The molecule has 0 aliphatic heterocycles. The molecule has 30 heavy (non-hydrogen) atoms. The van der Waals surface area contributed by atoms with E-state index in [2.05, 4.69) is 4.72 Å². The van der Waals surface area contributed by atoms with E-state index in [0.29, 0.717) is 20.9 Å². The van der Waals surface area contributed by atoms with E-state index in [4.69, 9.17) is 21.1 Å². The van der Waals surface area contributed by atoms with Gasteiger partial charge in [-0.25, -0.2) is 4.79 Å². The van der Waals surface area contributed by atoms with Crippen molar-refractivity contribution in [2.24, 2.45) is 0 Å². The number of carboxylic acids is 1. The monoisotopic (exact) mass is 459 g/mol. The number of benzene rings is 3. The number of halogens is 1. The van der Waals surface area contributed by atoms with Crippen LogP contribution in [0.2, 0.25) is 5.02 Å². The van der Waals surface area contributed by atoms with Gasteiger partial charge in [0.2, 0.25) is 5.09 Å². The van der Waals surface area contributed by atoms with Crippen LogP contribution in [0.5, 0.6) is 0 Å². The molecule has 0 fully saturated rings. The van der Waals surface area contributed by atoms with Gasteiger partial charge in [-0.05, 0) is 48.5 Å². The van der Waals surface area contributed by atoms with Gasteiger partial charge in [0.25, 0.3) is 10.0 Å². The summed E-state index contributed by atoms with van der Waals surface area (Å²) in [5.41, 5.74) is 0.925. The smallest absolute Gasteiger partial charge is 0.335 e. The molecular weight excluding hydrogens is 446 g/mol. The Morgan fingerprint density at radius 3 is 2.43 bits per heavy atom. The summed E-state index contributed by atoms with van der Waals surface area (Å²) in [5, 5.41) is 9.86. The molecule has 2 N–H and O–H groups in total. The van der Waals surface area contributed by atoms with Gasteiger partial charge in [0.1, 0.15) is 5.58 Å². The fourth-order valence-electron chi connectivity index (χ4n) is 2.75. The summed E-state index contributed by atoms with van der Waals surface area (Å²) in [4.78, 5) is 12.4. The Kier molecular flexibility index (Phi) is 5.46. The SMILES string of the molecule is O=C(O)c1ccc(Sc2ccc(Cl)cc2NS(=O)(=O)c2cc3ccccc3o2)cc1. The number of carboxylic acid groups (broad SMARTS) is 1.